The molecule has 0 aliphatic heterocycles. The average molecular weight is 179 g/mol. The van der Waals surface area contributed by atoms with Crippen LogP contribution in [-0.2, 0) is 4.79 Å². The van der Waals surface area contributed by atoms with Gasteiger partial charge in [0.25, 0.3) is 0 Å². The molecule has 0 aliphatic carbocycles. The van der Waals surface area contributed by atoms with Gasteiger partial charge in [0.2, 0.25) is 0 Å². The summed E-state index contributed by atoms with van der Waals surface area (Å²) in [6.45, 7) is 3.28. The number of hydrogen-bond donors (Lipinski definition) is 1. The summed E-state index contributed by atoms with van der Waals surface area (Å²) in [5, 5.41) is 0. The molecule has 1 atom stereocenters. The predicted octanol–water partition coefficient (Wildman–Crippen LogP) is 1.63. The van der Waals surface area contributed by atoms with E-state index in [0.29, 0.717) is 5.75 Å². The highest BCUT2D eigenvalue weighted by Crippen LogP contribution is 2.15. The minimum atomic E-state index is -0.312. The molecule has 1 rings (SSSR count). The van der Waals surface area contributed by atoms with Crippen molar-refractivity contribution in [3.63, 3.8) is 0 Å². The first-order chi connectivity index (χ1) is 6.09. The summed E-state index contributed by atoms with van der Waals surface area (Å²) in [4.78, 5) is 10.6. The molecule has 3 heteroatoms. The molecule has 2 N–H and O–H groups in total. The van der Waals surface area contributed by atoms with E-state index in [0.717, 1.165) is 5.56 Å². The number of rotatable bonds is 2. The van der Waals surface area contributed by atoms with Crippen LogP contribution < -0.4 is 10.5 Å². The van der Waals surface area contributed by atoms with Gasteiger partial charge < -0.3 is 10.5 Å². The standard InChI is InChI=1S/C10H13NO2/c1-7(11)9-3-5-10(6-4-9)13-8(2)12/h3-7H,11H2,1-2H3/t7-/m1/s1. The first-order valence-corrected chi connectivity index (χ1v) is 4.13. The molecule has 0 radical (unpaired) electrons. The molecule has 0 aliphatic rings. The third-order valence-electron chi connectivity index (χ3n) is 1.67. The second-order valence-corrected chi connectivity index (χ2v) is 2.95. The molecular weight excluding hydrogens is 166 g/mol. The van der Waals surface area contributed by atoms with Crippen LogP contribution in [0.15, 0.2) is 24.3 Å². The zero-order chi connectivity index (χ0) is 9.84. The topological polar surface area (TPSA) is 52.3 Å². The predicted molar refractivity (Wildman–Crippen MR) is 50.4 cm³/mol. The Labute approximate surface area is 77.5 Å². The number of benzene rings is 1. The zero-order valence-corrected chi connectivity index (χ0v) is 7.78. The molecule has 0 aromatic heterocycles. The van der Waals surface area contributed by atoms with Crippen LogP contribution in [0, 0.1) is 0 Å². The third-order valence-corrected chi connectivity index (χ3v) is 1.67. The van der Waals surface area contributed by atoms with E-state index in [1.54, 1.807) is 12.1 Å². The molecule has 0 bridgehead atoms. The fraction of sp³-hybridized carbons (Fsp3) is 0.300. The van der Waals surface area contributed by atoms with Gasteiger partial charge in [-0.3, -0.25) is 4.79 Å². The summed E-state index contributed by atoms with van der Waals surface area (Å²) < 4.78 is 4.87. The van der Waals surface area contributed by atoms with Crippen LogP contribution in [0.25, 0.3) is 0 Å². The highest BCUT2D eigenvalue weighted by atomic mass is 16.5. The Balaban J connectivity index is 2.75. The van der Waals surface area contributed by atoms with E-state index in [1.165, 1.54) is 6.92 Å². The van der Waals surface area contributed by atoms with E-state index in [-0.39, 0.29) is 12.0 Å². The van der Waals surface area contributed by atoms with Gasteiger partial charge in [-0.15, -0.1) is 0 Å². The summed E-state index contributed by atoms with van der Waals surface area (Å²) >= 11 is 0. The lowest BCUT2D eigenvalue weighted by molar-refractivity contribution is -0.131. The molecule has 13 heavy (non-hydrogen) atoms. The Morgan fingerprint density at radius 3 is 2.31 bits per heavy atom. The zero-order valence-electron chi connectivity index (χ0n) is 7.78. The first kappa shape index (κ1) is 9.74. The van der Waals surface area contributed by atoms with E-state index in [2.05, 4.69) is 0 Å². The van der Waals surface area contributed by atoms with Crippen molar-refractivity contribution in [2.24, 2.45) is 5.73 Å². The van der Waals surface area contributed by atoms with E-state index in [4.69, 9.17) is 10.5 Å². The Morgan fingerprint density at radius 2 is 1.92 bits per heavy atom. The van der Waals surface area contributed by atoms with Gasteiger partial charge in [-0.1, -0.05) is 12.1 Å². The minimum Gasteiger partial charge on any atom is -0.427 e. The summed E-state index contributed by atoms with van der Waals surface area (Å²) in [5.74, 6) is 0.241. The molecular formula is C10H13NO2. The fourth-order valence-corrected chi connectivity index (χ4v) is 1.01. The number of nitrogens with two attached hydrogens (primary N) is 1. The highest BCUT2D eigenvalue weighted by Gasteiger charge is 2.00. The quantitative estimate of drug-likeness (QED) is 0.554. The van der Waals surface area contributed by atoms with Crippen molar-refractivity contribution in [1.29, 1.82) is 0 Å². The Kier molecular flexibility index (Phi) is 3.03. The summed E-state index contributed by atoms with van der Waals surface area (Å²) in [5.41, 5.74) is 6.68. The second kappa shape index (κ2) is 4.05. The number of ether oxygens (including phenoxy) is 1. The smallest absolute Gasteiger partial charge is 0.308 e. The van der Waals surface area contributed by atoms with Crippen molar-refractivity contribution in [3.8, 4) is 5.75 Å². The van der Waals surface area contributed by atoms with Crippen molar-refractivity contribution >= 4 is 5.97 Å². The van der Waals surface area contributed by atoms with Gasteiger partial charge in [0.05, 0.1) is 0 Å². The largest absolute Gasteiger partial charge is 0.427 e. The molecule has 0 saturated heterocycles. The van der Waals surface area contributed by atoms with E-state index < -0.39 is 0 Å². The fourth-order valence-electron chi connectivity index (χ4n) is 1.01. The van der Waals surface area contributed by atoms with Gasteiger partial charge in [0.1, 0.15) is 5.75 Å². The van der Waals surface area contributed by atoms with Gasteiger partial charge in [-0.2, -0.15) is 0 Å². The second-order valence-electron chi connectivity index (χ2n) is 2.95. The SMILES string of the molecule is CC(=O)Oc1ccc([C@@H](C)N)cc1. The molecule has 0 heterocycles. The van der Waals surface area contributed by atoms with E-state index in [9.17, 15) is 4.79 Å². The van der Waals surface area contributed by atoms with Gasteiger partial charge in [0, 0.05) is 13.0 Å². The molecule has 0 fully saturated rings. The number of esters is 1. The molecule has 1 aromatic carbocycles. The van der Waals surface area contributed by atoms with Gasteiger partial charge in [0.15, 0.2) is 0 Å². The third kappa shape index (κ3) is 2.87. The Bertz CT molecular complexity index is 290. The number of carbonyl (C=O) groups is 1. The maximum Gasteiger partial charge on any atom is 0.308 e. The van der Waals surface area contributed by atoms with Gasteiger partial charge in [-0.25, -0.2) is 0 Å². The van der Waals surface area contributed by atoms with Crippen molar-refractivity contribution < 1.29 is 9.53 Å². The molecule has 0 unspecified atom stereocenters. The van der Waals surface area contributed by atoms with Crippen molar-refractivity contribution in [1.82, 2.24) is 0 Å². The van der Waals surface area contributed by atoms with E-state index >= 15 is 0 Å². The number of hydrogen-bond acceptors (Lipinski definition) is 3. The van der Waals surface area contributed by atoms with Crippen LogP contribution in [0.4, 0.5) is 0 Å². The molecule has 1 aromatic rings. The summed E-state index contributed by atoms with van der Waals surface area (Å²) in [6.07, 6.45) is 0. The van der Waals surface area contributed by atoms with Crippen molar-refractivity contribution in [3.05, 3.63) is 29.8 Å². The van der Waals surface area contributed by atoms with Crippen LogP contribution in [0.3, 0.4) is 0 Å². The lowest BCUT2D eigenvalue weighted by atomic mass is 10.1. The molecule has 3 nitrogen and oxygen atoms in total. The normalized spacial score (nSPS) is 12.2. The maximum absolute atomic E-state index is 10.6. The van der Waals surface area contributed by atoms with Crippen LogP contribution in [0.2, 0.25) is 0 Å². The van der Waals surface area contributed by atoms with Crippen LogP contribution >= 0.6 is 0 Å². The van der Waals surface area contributed by atoms with Crippen LogP contribution in [0.1, 0.15) is 25.5 Å². The molecule has 0 saturated carbocycles. The van der Waals surface area contributed by atoms with Crippen molar-refractivity contribution in [2.45, 2.75) is 19.9 Å². The molecule has 0 amide bonds. The molecule has 70 valence electrons. The molecule has 0 spiro atoms. The van der Waals surface area contributed by atoms with Crippen LogP contribution in [0.5, 0.6) is 5.75 Å². The summed E-state index contributed by atoms with van der Waals surface area (Å²) in [7, 11) is 0. The van der Waals surface area contributed by atoms with Crippen LogP contribution in [-0.4, -0.2) is 5.97 Å². The van der Waals surface area contributed by atoms with E-state index in [1.807, 2.05) is 19.1 Å². The maximum atomic E-state index is 10.6. The lowest BCUT2D eigenvalue weighted by Gasteiger charge is -2.06. The Morgan fingerprint density at radius 1 is 1.38 bits per heavy atom. The first-order valence-electron chi connectivity index (χ1n) is 4.13. The lowest BCUT2D eigenvalue weighted by Crippen LogP contribution is -2.05. The van der Waals surface area contributed by atoms with Gasteiger partial charge in [-0.05, 0) is 24.6 Å². The minimum absolute atomic E-state index is 0.00591. The van der Waals surface area contributed by atoms with Gasteiger partial charge >= 0.3 is 5.97 Å². The van der Waals surface area contributed by atoms with Crippen molar-refractivity contribution in [2.75, 3.05) is 0 Å². The Hall–Kier alpha value is -1.35. The summed E-state index contributed by atoms with van der Waals surface area (Å²) in [6, 6.07) is 7.18. The average Bonchev–Trinajstić information content (AvgIpc) is 2.04. The monoisotopic (exact) mass is 179 g/mol. The highest BCUT2D eigenvalue weighted by molar-refractivity contribution is 5.69. The number of carbonyl (C=O) groups excluding carboxylic acids is 1.